The van der Waals surface area contributed by atoms with E-state index in [2.05, 4.69) is 5.32 Å². The molecule has 0 aromatic heterocycles. The number of carbonyl (C=O) groups excluding carboxylic acids is 1. The third-order valence-corrected chi connectivity index (χ3v) is 3.35. The monoisotopic (exact) mass is 269 g/mol. The Kier molecular flexibility index (Phi) is 2.88. The lowest BCUT2D eigenvalue weighted by atomic mass is 10.0. The van der Waals surface area contributed by atoms with Crippen molar-refractivity contribution in [3.63, 3.8) is 0 Å². The van der Waals surface area contributed by atoms with Gasteiger partial charge in [-0.2, -0.15) is 0 Å². The molecule has 0 unspecified atom stereocenters. The van der Waals surface area contributed by atoms with Gasteiger partial charge in [0.05, 0.1) is 0 Å². The third-order valence-electron chi connectivity index (χ3n) is 3.12. The zero-order chi connectivity index (χ0) is 13.4. The fraction of sp³-hybridized carbons (Fsp3) is 0.0625. The lowest BCUT2D eigenvalue weighted by Gasteiger charge is -2.00. The van der Waals surface area contributed by atoms with Crippen LogP contribution < -0.4 is 5.32 Å². The highest BCUT2D eigenvalue weighted by Crippen LogP contribution is 2.34. The van der Waals surface area contributed by atoms with Crippen LogP contribution in [0.1, 0.15) is 16.7 Å². The Labute approximate surface area is 116 Å². The van der Waals surface area contributed by atoms with Gasteiger partial charge in [-0.3, -0.25) is 4.79 Å². The summed E-state index contributed by atoms with van der Waals surface area (Å²) in [5, 5.41) is 3.47. The quantitative estimate of drug-likeness (QED) is 0.775. The molecule has 0 atom stereocenters. The molecule has 1 heterocycles. The molecule has 1 N–H and O–H groups in total. The standard InChI is InChI=1S/C16H12ClNO/c1-10-3-2-4-11(7-10)8-14-13-9-12(17)5-6-15(13)18-16(14)19/h2-9H,1H3,(H,18,19)/b14-8+. The van der Waals surface area contributed by atoms with Gasteiger partial charge in [0.1, 0.15) is 0 Å². The Bertz CT molecular complexity index is 704. The molecule has 2 aromatic rings. The van der Waals surface area contributed by atoms with E-state index < -0.39 is 0 Å². The average molecular weight is 270 g/mol. The number of nitrogens with one attached hydrogen (secondary N) is 1. The van der Waals surface area contributed by atoms with Crippen LogP contribution in [0.2, 0.25) is 5.02 Å². The van der Waals surface area contributed by atoms with Gasteiger partial charge in [-0.1, -0.05) is 41.4 Å². The summed E-state index contributed by atoms with van der Waals surface area (Å²) in [6, 6.07) is 13.5. The number of fused-ring (bicyclic) bond motifs is 1. The summed E-state index contributed by atoms with van der Waals surface area (Å²) in [5.74, 6) is -0.0845. The van der Waals surface area contributed by atoms with Crippen molar-refractivity contribution in [3.8, 4) is 0 Å². The smallest absolute Gasteiger partial charge is 0.256 e. The first kappa shape index (κ1) is 12.0. The molecular weight excluding hydrogens is 258 g/mol. The molecular formula is C16H12ClNO. The van der Waals surface area contributed by atoms with E-state index in [4.69, 9.17) is 11.6 Å². The third kappa shape index (κ3) is 2.27. The Morgan fingerprint density at radius 3 is 2.79 bits per heavy atom. The summed E-state index contributed by atoms with van der Waals surface area (Å²) >= 11 is 6.00. The number of rotatable bonds is 1. The average Bonchev–Trinajstić information content (AvgIpc) is 2.66. The predicted octanol–water partition coefficient (Wildman–Crippen LogP) is 4.14. The minimum Gasteiger partial charge on any atom is -0.321 e. The summed E-state index contributed by atoms with van der Waals surface area (Å²) in [7, 11) is 0. The van der Waals surface area contributed by atoms with Gasteiger partial charge in [0.25, 0.3) is 5.91 Å². The van der Waals surface area contributed by atoms with Crippen LogP contribution >= 0.6 is 11.6 Å². The molecule has 19 heavy (non-hydrogen) atoms. The number of hydrogen-bond donors (Lipinski definition) is 1. The van der Waals surface area contributed by atoms with Gasteiger partial charge in [-0.25, -0.2) is 0 Å². The van der Waals surface area contributed by atoms with Crippen molar-refractivity contribution in [3.05, 3.63) is 64.2 Å². The normalized spacial score (nSPS) is 15.5. The molecule has 0 saturated carbocycles. The van der Waals surface area contributed by atoms with Gasteiger partial charge in [0.15, 0.2) is 0 Å². The molecule has 0 radical (unpaired) electrons. The fourth-order valence-corrected chi connectivity index (χ4v) is 2.40. The number of hydrogen-bond acceptors (Lipinski definition) is 1. The molecule has 3 heteroatoms. The first-order chi connectivity index (χ1) is 9.13. The van der Waals surface area contributed by atoms with E-state index in [9.17, 15) is 4.79 Å². The van der Waals surface area contributed by atoms with Crippen molar-refractivity contribution in [2.45, 2.75) is 6.92 Å². The maximum absolute atomic E-state index is 12.0. The number of aryl methyl sites for hydroxylation is 1. The molecule has 0 fully saturated rings. The minimum absolute atomic E-state index is 0.0845. The van der Waals surface area contributed by atoms with Crippen molar-refractivity contribution < 1.29 is 4.79 Å². The lowest BCUT2D eigenvalue weighted by Crippen LogP contribution is -2.03. The van der Waals surface area contributed by atoms with Crippen LogP contribution in [0.25, 0.3) is 11.6 Å². The van der Waals surface area contributed by atoms with Crippen LogP contribution in [0.3, 0.4) is 0 Å². The molecule has 1 aliphatic heterocycles. The highest BCUT2D eigenvalue weighted by Gasteiger charge is 2.23. The van der Waals surface area contributed by atoms with Crippen LogP contribution in [-0.4, -0.2) is 5.91 Å². The Morgan fingerprint density at radius 2 is 2.00 bits per heavy atom. The van der Waals surface area contributed by atoms with Crippen LogP contribution in [0.4, 0.5) is 5.69 Å². The van der Waals surface area contributed by atoms with Crippen LogP contribution in [0.5, 0.6) is 0 Å². The van der Waals surface area contributed by atoms with Crippen LogP contribution in [0.15, 0.2) is 42.5 Å². The topological polar surface area (TPSA) is 29.1 Å². The highest BCUT2D eigenvalue weighted by molar-refractivity contribution is 6.36. The predicted molar refractivity (Wildman–Crippen MR) is 79.1 cm³/mol. The number of carbonyl (C=O) groups is 1. The number of amides is 1. The second-order valence-corrected chi connectivity index (χ2v) is 5.05. The van der Waals surface area contributed by atoms with E-state index in [0.717, 1.165) is 16.8 Å². The van der Waals surface area contributed by atoms with E-state index in [1.165, 1.54) is 5.56 Å². The zero-order valence-electron chi connectivity index (χ0n) is 10.4. The van der Waals surface area contributed by atoms with Gasteiger partial charge in [0.2, 0.25) is 0 Å². The fourth-order valence-electron chi connectivity index (χ4n) is 2.23. The lowest BCUT2D eigenvalue weighted by molar-refractivity contribution is -0.110. The summed E-state index contributed by atoms with van der Waals surface area (Å²) < 4.78 is 0. The molecule has 0 spiro atoms. The van der Waals surface area contributed by atoms with Crippen LogP contribution in [-0.2, 0) is 4.79 Å². The van der Waals surface area contributed by atoms with E-state index in [1.807, 2.05) is 49.4 Å². The Hall–Kier alpha value is -2.06. The molecule has 1 aliphatic rings. The van der Waals surface area contributed by atoms with Gasteiger partial charge in [-0.15, -0.1) is 0 Å². The number of anilines is 1. The largest absolute Gasteiger partial charge is 0.321 e. The minimum atomic E-state index is -0.0845. The highest BCUT2D eigenvalue weighted by atomic mass is 35.5. The molecule has 2 aromatic carbocycles. The van der Waals surface area contributed by atoms with Crippen molar-refractivity contribution in [1.82, 2.24) is 0 Å². The molecule has 0 aliphatic carbocycles. The molecule has 2 nitrogen and oxygen atoms in total. The Morgan fingerprint density at radius 1 is 1.16 bits per heavy atom. The van der Waals surface area contributed by atoms with Gasteiger partial charge >= 0.3 is 0 Å². The SMILES string of the molecule is Cc1cccc(/C=C2/C(=O)Nc3ccc(Cl)cc32)c1. The van der Waals surface area contributed by atoms with Crippen molar-refractivity contribution in [2.24, 2.45) is 0 Å². The Balaban J connectivity index is 2.11. The second kappa shape index (κ2) is 4.56. The van der Waals surface area contributed by atoms with E-state index >= 15 is 0 Å². The second-order valence-electron chi connectivity index (χ2n) is 4.62. The first-order valence-corrected chi connectivity index (χ1v) is 6.41. The summed E-state index contributed by atoms with van der Waals surface area (Å²) in [6.07, 6.45) is 1.89. The molecule has 94 valence electrons. The summed E-state index contributed by atoms with van der Waals surface area (Å²) in [4.78, 5) is 12.0. The van der Waals surface area contributed by atoms with Crippen molar-refractivity contribution >= 4 is 34.8 Å². The number of benzene rings is 2. The van der Waals surface area contributed by atoms with E-state index in [0.29, 0.717) is 10.6 Å². The molecule has 0 saturated heterocycles. The molecule has 0 bridgehead atoms. The maximum Gasteiger partial charge on any atom is 0.256 e. The van der Waals surface area contributed by atoms with Gasteiger partial charge in [-0.05, 0) is 36.8 Å². The van der Waals surface area contributed by atoms with E-state index in [-0.39, 0.29) is 5.91 Å². The molecule has 1 amide bonds. The van der Waals surface area contributed by atoms with Crippen molar-refractivity contribution in [2.75, 3.05) is 5.32 Å². The van der Waals surface area contributed by atoms with Crippen LogP contribution in [0, 0.1) is 6.92 Å². The summed E-state index contributed by atoms with van der Waals surface area (Å²) in [5.41, 5.74) is 4.51. The first-order valence-electron chi connectivity index (χ1n) is 6.03. The van der Waals surface area contributed by atoms with Crippen molar-refractivity contribution in [1.29, 1.82) is 0 Å². The van der Waals surface area contributed by atoms with Gasteiger partial charge in [0, 0.05) is 21.8 Å². The molecule has 3 rings (SSSR count). The van der Waals surface area contributed by atoms with Gasteiger partial charge < -0.3 is 5.32 Å². The van der Waals surface area contributed by atoms with E-state index in [1.54, 1.807) is 6.07 Å². The zero-order valence-corrected chi connectivity index (χ0v) is 11.2. The summed E-state index contributed by atoms with van der Waals surface area (Å²) in [6.45, 7) is 2.03. The number of halogens is 1. The maximum atomic E-state index is 12.0.